The fourth-order valence-corrected chi connectivity index (χ4v) is 3.88. The molecule has 0 heterocycles. The van der Waals surface area contributed by atoms with E-state index < -0.39 is 5.97 Å². The number of carbonyl (C=O) groups excluding carboxylic acids is 1. The molecule has 0 aliphatic heterocycles. The lowest BCUT2D eigenvalue weighted by molar-refractivity contribution is -0.137. The zero-order valence-corrected chi connectivity index (χ0v) is 23.0. The Bertz CT molecular complexity index is 960. The Morgan fingerprint density at radius 1 is 1.25 bits per heavy atom. The molecule has 2 N–H and O–H groups in total. The van der Waals surface area contributed by atoms with Crippen molar-refractivity contribution in [1.82, 2.24) is 5.32 Å². The zero-order valence-electron chi connectivity index (χ0n) is 22.3. The van der Waals surface area contributed by atoms with Crippen LogP contribution in [0.25, 0.3) is 0 Å². The average molecular weight is 517 g/mol. The van der Waals surface area contributed by atoms with E-state index >= 15 is 0 Å². The number of nitrogens with one attached hydrogen (secondary N) is 1. The maximum absolute atomic E-state index is 12.6. The van der Waals surface area contributed by atoms with Crippen LogP contribution < -0.4 is 10.3 Å². The highest BCUT2D eigenvalue weighted by Crippen LogP contribution is 2.41. The Morgan fingerprint density at radius 3 is 2.44 bits per heavy atom. The van der Waals surface area contributed by atoms with E-state index in [1.807, 2.05) is 18.0 Å². The predicted octanol–water partition coefficient (Wildman–Crippen LogP) is 6.89. The molecule has 7 nitrogen and oxygen atoms in total. The number of nitrogens with zero attached hydrogens (tertiary/aromatic N) is 3. The molecule has 1 aliphatic rings. The molecule has 0 saturated heterocycles. The minimum absolute atomic E-state index is 0.0141. The second-order valence-electron chi connectivity index (χ2n) is 10.6. The standard InChI is InChI=1S/C28H41ClN4O3/c1-6-23(29)19-31-26(34)18-21(9-14-27(35)36)17-25(22-10-11-22)33(32-30-5)24-12-7-20(8-13-24)15-16-28(2,3)4/h6-8,12-13,17,21-22H,9-11,14-16,18-19H2,1-5H3,(H,31,34)(H,35,36)/b23-6+,25-17+,32-30?. The Morgan fingerprint density at radius 2 is 1.92 bits per heavy atom. The number of amides is 1. The highest BCUT2D eigenvalue weighted by atomic mass is 35.5. The number of benzene rings is 1. The van der Waals surface area contributed by atoms with Crippen molar-refractivity contribution >= 4 is 29.2 Å². The van der Waals surface area contributed by atoms with Crippen LogP contribution in [0.5, 0.6) is 0 Å². The molecule has 198 valence electrons. The summed E-state index contributed by atoms with van der Waals surface area (Å²) in [6, 6.07) is 8.37. The van der Waals surface area contributed by atoms with Crippen molar-refractivity contribution in [3.05, 3.63) is 52.7 Å². The lowest BCUT2D eigenvalue weighted by atomic mass is 9.89. The summed E-state index contributed by atoms with van der Waals surface area (Å²) >= 11 is 6.01. The van der Waals surface area contributed by atoms with Crippen LogP contribution in [-0.2, 0) is 16.0 Å². The molecule has 1 unspecified atom stereocenters. The SMILES string of the molecule is C/C=C(/Cl)CNC(=O)CC(/C=C(\C1CC1)N(N=NC)c1ccc(CCC(C)(C)C)cc1)CCC(=O)O. The molecule has 1 aromatic rings. The molecule has 0 aromatic heterocycles. The summed E-state index contributed by atoms with van der Waals surface area (Å²) in [5.41, 5.74) is 3.42. The third-order valence-electron chi connectivity index (χ3n) is 6.11. The topological polar surface area (TPSA) is 94.4 Å². The Labute approximate surface area is 220 Å². The van der Waals surface area contributed by atoms with Crippen LogP contribution in [-0.4, -0.2) is 30.6 Å². The van der Waals surface area contributed by atoms with Gasteiger partial charge in [0.05, 0.1) is 19.3 Å². The van der Waals surface area contributed by atoms with Crippen molar-refractivity contribution in [2.24, 2.45) is 27.6 Å². The molecule has 0 radical (unpaired) electrons. The van der Waals surface area contributed by atoms with E-state index in [4.69, 9.17) is 11.6 Å². The maximum atomic E-state index is 12.6. The number of allylic oxidation sites excluding steroid dienone is 3. The second kappa shape index (κ2) is 14.2. The normalized spacial score (nSPS) is 15.7. The lowest BCUT2D eigenvalue weighted by Gasteiger charge is -2.24. The summed E-state index contributed by atoms with van der Waals surface area (Å²) in [6.45, 7) is 8.80. The first-order valence-electron chi connectivity index (χ1n) is 12.7. The van der Waals surface area contributed by atoms with Crippen molar-refractivity contribution < 1.29 is 14.7 Å². The summed E-state index contributed by atoms with van der Waals surface area (Å²) in [4.78, 5) is 23.9. The monoisotopic (exact) mass is 516 g/mol. The van der Waals surface area contributed by atoms with Crippen molar-refractivity contribution in [2.45, 2.75) is 72.6 Å². The Hall–Kier alpha value is -2.67. The molecule has 0 bridgehead atoms. The van der Waals surface area contributed by atoms with Gasteiger partial charge in [-0.25, -0.2) is 5.01 Å². The van der Waals surface area contributed by atoms with Crippen molar-refractivity contribution in [2.75, 3.05) is 18.6 Å². The Kier molecular flexibility index (Phi) is 11.6. The van der Waals surface area contributed by atoms with Gasteiger partial charge in [-0.3, -0.25) is 9.59 Å². The van der Waals surface area contributed by atoms with Gasteiger partial charge < -0.3 is 10.4 Å². The highest BCUT2D eigenvalue weighted by molar-refractivity contribution is 6.29. The van der Waals surface area contributed by atoms with Crippen LogP contribution in [0, 0.1) is 17.3 Å². The lowest BCUT2D eigenvalue weighted by Crippen LogP contribution is -2.27. The number of halogens is 1. The number of anilines is 1. The molecule has 1 amide bonds. The number of hydrogen-bond donors (Lipinski definition) is 2. The number of hydrogen-bond acceptors (Lipinski definition) is 4. The molecule has 0 spiro atoms. The first-order valence-corrected chi connectivity index (χ1v) is 13.1. The molecule has 1 fully saturated rings. The smallest absolute Gasteiger partial charge is 0.303 e. The van der Waals surface area contributed by atoms with Crippen LogP contribution in [0.4, 0.5) is 5.69 Å². The Balaban J connectivity index is 2.28. The minimum Gasteiger partial charge on any atom is -0.481 e. The van der Waals surface area contributed by atoms with Crippen molar-refractivity contribution in [3.8, 4) is 0 Å². The van der Waals surface area contributed by atoms with Gasteiger partial charge >= 0.3 is 5.97 Å². The van der Waals surface area contributed by atoms with Gasteiger partial charge in [-0.05, 0) is 68.1 Å². The van der Waals surface area contributed by atoms with Crippen LogP contribution >= 0.6 is 11.6 Å². The van der Waals surface area contributed by atoms with Gasteiger partial charge in [0.15, 0.2) is 0 Å². The second-order valence-corrected chi connectivity index (χ2v) is 11.1. The van der Waals surface area contributed by atoms with Crippen molar-refractivity contribution in [1.29, 1.82) is 0 Å². The molecule has 2 rings (SSSR count). The molecule has 36 heavy (non-hydrogen) atoms. The molecule has 1 atom stereocenters. The zero-order chi connectivity index (χ0) is 26.7. The van der Waals surface area contributed by atoms with Gasteiger partial charge in [-0.2, -0.15) is 5.11 Å². The molecule has 8 heteroatoms. The van der Waals surface area contributed by atoms with E-state index in [2.05, 4.69) is 60.7 Å². The van der Waals surface area contributed by atoms with Crippen LogP contribution in [0.2, 0.25) is 0 Å². The molecular formula is C28H41ClN4O3. The highest BCUT2D eigenvalue weighted by Gasteiger charge is 2.32. The van der Waals surface area contributed by atoms with Gasteiger partial charge in [-0.15, -0.1) is 0 Å². The third kappa shape index (κ3) is 10.9. The first-order chi connectivity index (χ1) is 17.0. The molecule has 1 aliphatic carbocycles. The van der Waals surface area contributed by atoms with Gasteiger partial charge in [0.2, 0.25) is 5.91 Å². The van der Waals surface area contributed by atoms with E-state index in [1.54, 1.807) is 13.1 Å². The summed E-state index contributed by atoms with van der Waals surface area (Å²) in [7, 11) is 1.63. The van der Waals surface area contributed by atoms with Gasteiger partial charge in [0.25, 0.3) is 0 Å². The first kappa shape index (κ1) is 29.6. The maximum Gasteiger partial charge on any atom is 0.303 e. The van der Waals surface area contributed by atoms with E-state index in [-0.39, 0.29) is 36.6 Å². The van der Waals surface area contributed by atoms with Crippen molar-refractivity contribution in [3.63, 3.8) is 0 Å². The van der Waals surface area contributed by atoms with Gasteiger partial charge in [-0.1, -0.05) is 61.9 Å². The van der Waals surface area contributed by atoms with E-state index in [9.17, 15) is 14.7 Å². The predicted molar refractivity (Wildman–Crippen MR) is 146 cm³/mol. The van der Waals surface area contributed by atoms with E-state index in [0.717, 1.165) is 37.1 Å². The number of carboxylic acid groups (broad SMARTS) is 1. The number of aliphatic carboxylic acids is 1. The van der Waals surface area contributed by atoms with E-state index in [0.29, 0.717) is 17.4 Å². The average Bonchev–Trinajstić information content (AvgIpc) is 3.67. The number of carbonyl (C=O) groups is 2. The van der Waals surface area contributed by atoms with E-state index in [1.165, 1.54) is 5.56 Å². The van der Waals surface area contributed by atoms with Crippen LogP contribution in [0.1, 0.15) is 71.8 Å². The minimum atomic E-state index is -0.880. The summed E-state index contributed by atoms with van der Waals surface area (Å²) < 4.78 is 0. The quantitative estimate of drug-likeness (QED) is 0.208. The summed E-state index contributed by atoms with van der Waals surface area (Å²) in [5.74, 6) is -0.982. The third-order valence-corrected chi connectivity index (χ3v) is 6.47. The largest absolute Gasteiger partial charge is 0.481 e. The molecular weight excluding hydrogens is 476 g/mol. The fourth-order valence-electron chi connectivity index (χ4n) is 3.81. The van der Waals surface area contributed by atoms with Crippen LogP contribution in [0.3, 0.4) is 0 Å². The summed E-state index contributed by atoms with van der Waals surface area (Å²) in [6.07, 6.45) is 8.45. The van der Waals surface area contributed by atoms with Crippen LogP contribution in [0.15, 0.2) is 57.5 Å². The molecule has 1 aromatic carbocycles. The number of rotatable bonds is 14. The summed E-state index contributed by atoms with van der Waals surface area (Å²) in [5, 5.41) is 22.9. The van der Waals surface area contributed by atoms with Gasteiger partial charge in [0.1, 0.15) is 0 Å². The molecule has 1 saturated carbocycles. The number of carboxylic acids is 1. The fraction of sp³-hybridized carbons (Fsp3) is 0.571. The number of aryl methyl sites for hydroxylation is 1. The van der Waals surface area contributed by atoms with Gasteiger partial charge in [0, 0.05) is 29.5 Å².